The third-order valence-electron chi connectivity index (χ3n) is 2.52. The first kappa shape index (κ1) is 11.8. The van der Waals surface area contributed by atoms with Crippen LogP contribution >= 0.6 is 11.6 Å². The van der Waals surface area contributed by atoms with E-state index in [-0.39, 0.29) is 10.8 Å². The second-order valence-electron chi connectivity index (χ2n) is 3.77. The summed E-state index contributed by atoms with van der Waals surface area (Å²) in [7, 11) is 0. The predicted octanol–water partition coefficient (Wildman–Crippen LogP) is 4.35. The summed E-state index contributed by atoms with van der Waals surface area (Å²) in [6, 6.07) is 11.7. The summed E-state index contributed by atoms with van der Waals surface area (Å²) in [5.74, 6) is -0.446. The van der Waals surface area contributed by atoms with E-state index in [1.165, 1.54) is 13.0 Å². The summed E-state index contributed by atoms with van der Waals surface area (Å²) in [5, 5.41) is 0.0794. The Hall–Kier alpha value is -1.67. The number of ketones is 1. The van der Waals surface area contributed by atoms with Crippen LogP contribution in [0.1, 0.15) is 17.3 Å². The molecule has 0 saturated heterocycles. The van der Waals surface area contributed by atoms with Crippen molar-refractivity contribution in [2.45, 2.75) is 6.92 Å². The minimum Gasteiger partial charge on any atom is -0.295 e. The molecule has 0 bridgehead atoms. The van der Waals surface area contributed by atoms with Crippen LogP contribution in [0.25, 0.3) is 11.1 Å². The zero-order valence-electron chi connectivity index (χ0n) is 9.21. The van der Waals surface area contributed by atoms with Gasteiger partial charge < -0.3 is 0 Å². The van der Waals surface area contributed by atoms with Gasteiger partial charge in [0.15, 0.2) is 5.78 Å². The molecule has 17 heavy (non-hydrogen) atoms. The quantitative estimate of drug-likeness (QED) is 0.722. The van der Waals surface area contributed by atoms with Crippen LogP contribution in [-0.4, -0.2) is 5.78 Å². The molecule has 0 unspecified atom stereocenters. The van der Waals surface area contributed by atoms with Crippen molar-refractivity contribution in [3.8, 4) is 11.1 Å². The lowest BCUT2D eigenvalue weighted by atomic mass is 10.0. The highest BCUT2D eigenvalue weighted by Crippen LogP contribution is 2.25. The molecule has 86 valence electrons. The van der Waals surface area contributed by atoms with Gasteiger partial charge in [-0.15, -0.1) is 0 Å². The molecule has 0 amide bonds. The van der Waals surface area contributed by atoms with E-state index in [9.17, 15) is 9.18 Å². The highest BCUT2D eigenvalue weighted by atomic mass is 35.5. The van der Waals surface area contributed by atoms with E-state index >= 15 is 0 Å². The lowest BCUT2D eigenvalue weighted by Gasteiger charge is -2.04. The van der Waals surface area contributed by atoms with E-state index in [1.807, 2.05) is 6.07 Å². The first-order chi connectivity index (χ1) is 8.08. The molecule has 2 aromatic carbocycles. The van der Waals surface area contributed by atoms with Gasteiger partial charge in [-0.25, -0.2) is 4.39 Å². The van der Waals surface area contributed by atoms with Crippen LogP contribution < -0.4 is 0 Å². The summed E-state index contributed by atoms with van der Waals surface area (Å²) in [4.78, 5) is 11.3. The SMILES string of the molecule is CC(=O)c1cccc(-c2ccc(F)c(Cl)c2)c1. The van der Waals surface area contributed by atoms with E-state index in [1.54, 1.807) is 30.3 Å². The third-order valence-corrected chi connectivity index (χ3v) is 2.81. The predicted molar refractivity (Wildman–Crippen MR) is 66.9 cm³/mol. The van der Waals surface area contributed by atoms with E-state index < -0.39 is 5.82 Å². The summed E-state index contributed by atoms with van der Waals surface area (Å²) in [6.45, 7) is 1.51. The Balaban J connectivity index is 2.49. The van der Waals surface area contributed by atoms with Gasteiger partial charge in [0.25, 0.3) is 0 Å². The lowest BCUT2D eigenvalue weighted by molar-refractivity contribution is 0.101. The fourth-order valence-corrected chi connectivity index (χ4v) is 1.77. The normalized spacial score (nSPS) is 10.3. The number of hydrogen-bond donors (Lipinski definition) is 0. The third kappa shape index (κ3) is 2.53. The summed E-state index contributed by atoms with van der Waals surface area (Å²) < 4.78 is 13.0. The zero-order valence-corrected chi connectivity index (χ0v) is 9.96. The van der Waals surface area contributed by atoms with Gasteiger partial charge in [0.05, 0.1) is 5.02 Å². The van der Waals surface area contributed by atoms with Crippen molar-refractivity contribution in [1.82, 2.24) is 0 Å². The lowest BCUT2D eigenvalue weighted by Crippen LogP contribution is -1.91. The molecule has 0 atom stereocenters. The molecule has 0 aliphatic rings. The largest absolute Gasteiger partial charge is 0.295 e. The number of carbonyl (C=O) groups is 1. The smallest absolute Gasteiger partial charge is 0.159 e. The molecule has 2 rings (SSSR count). The van der Waals surface area contributed by atoms with E-state index in [4.69, 9.17) is 11.6 Å². The summed E-state index contributed by atoms with van der Waals surface area (Å²) in [6.07, 6.45) is 0. The highest BCUT2D eigenvalue weighted by molar-refractivity contribution is 6.31. The van der Waals surface area contributed by atoms with Gasteiger partial charge in [-0.1, -0.05) is 35.9 Å². The Kier molecular flexibility index (Phi) is 3.25. The second-order valence-corrected chi connectivity index (χ2v) is 4.17. The Morgan fingerprint density at radius 2 is 1.82 bits per heavy atom. The maximum Gasteiger partial charge on any atom is 0.159 e. The van der Waals surface area contributed by atoms with Crippen LogP contribution in [0, 0.1) is 5.82 Å². The Morgan fingerprint density at radius 3 is 2.47 bits per heavy atom. The Labute approximate surface area is 104 Å². The molecule has 0 aliphatic carbocycles. The molecule has 2 aromatic rings. The molecule has 0 aliphatic heterocycles. The van der Waals surface area contributed by atoms with E-state index in [2.05, 4.69) is 0 Å². The molecule has 0 N–H and O–H groups in total. The van der Waals surface area contributed by atoms with Crippen LogP contribution in [0.4, 0.5) is 4.39 Å². The van der Waals surface area contributed by atoms with Crippen molar-refractivity contribution < 1.29 is 9.18 Å². The van der Waals surface area contributed by atoms with Gasteiger partial charge in [0.1, 0.15) is 5.82 Å². The van der Waals surface area contributed by atoms with Gasteiger partial charge in [-0.05, 0) is 36.2 Å². The minimum absolute atomic E-state index is 0.0000543. The number of hydrogen-bond acceptors (Lipinski definition) is 1. The van der Waals surface area contributed by atoms with E-state index in [0.717, 1.165) is 11.1 Å². The van der Waals surface area contributed by atoms with Crippen molar-refractivity contribution in [1.29, 1.82) is 0 Å². The van der Waals surface area contributed by atoms with Crippen LogP contribution in [0.15, 0.2) is 42.5 Å². The molecular weight excluding hydrogens is 239 g/mol. The molecule has 0 radical (unpaired) electrons. The fraction of sp³-hybridized carbons (Fsp3) is 0.0714. The monoisotopic (exact) mass is 248 g/mol. The first-order valence-corrected chi connectivity index (χ1v) is 5.52. The number of carbonyl (C=O) groups excluding carboxylic acids is 1. The van der Waals surface area contributed by atoms with Crippen LogP contribution in [0.3, 0.4) is 0 Å². The number of halogens is 2. The molecule has 0 spiro atoms. The fourth-order valence-electron chi connectivity index (χ4n) is 1.59. The maximum absolute atomic E-state index is 13.0. The zero-order chi connectivity index (χ0) is 12.4. The van der Waals surface area contributed by atoms with Crippen molar-refractivity contribution in [2.75, 3.05) is 0 Å². The molecule has 0 aromatic heterocycles. The Morgan fingerprint density at radius 1 is 1.12 bits per heavy atom. The number of rotatable bonds is 2. The second kappa shape index (κ2) is 4.68. The minimum atomic E-state index is -0.446. The molecule has 0 saturated carbocycles. The topological polar surface area (TPSA) is 17.1 Å². The average molecular weight is 249 g/mol. The molecule has 1 nitrogen and oxygen atoms in total. The van der Waals surface area contributed by atoms with Gasteiger partial charge >= 0.3 is 0 Å². The van der Waals surface area contributed by atoms with E-state index in [0.29, 0.717) is 5.56 Å². The van der Waals surface area contributed by atoms with Gasteiger partial charge in [0.2, 0.25) is 0 Å². The van der Waals surface area contributed by atoms with Gasteiger partial charge in [-0.2, -0.15) is 0 Å². The molecular formula is C14H10ClFO. The number of Topliss-reactive ketones (excluding diaryl/α,β-unsaturated/α-hetero) is 1. The van der Waals surface area contributed by atoms with Crippen molar-refractivity contribution in [2.24, 2.45) is 0 Å². The average Bonchev–Trinajstić information content (AvgIpc) is 2.33. The van der Waals surface area contributed by atoms with Crippen molar-refractivity contribution in [3.63, 3.8) is 0 Å². The Bertz CT molecular complexity index is 578. The van der Waals surface area contributed by atoms with Crippen LogP contribution in [-0.2, 0) is 0 Å². The van der Waals surface area contributed by atoms with Crippen molar-refractivity contribution >= 4 is 17.4 Å². The standard InChI is InChI=1S/C14H10ClFO/c1-9(17)10-3-2-4-11(7-10)12-5-6-14(16)13(15)8-12/h2-8H,1H3. The first-order valence-electron chi connectivity index (χ1n) is 5.14. The highest BCUT2D eigenvalue weighted by Gasteiger charge is 2.05. The van der Waals surface area contributed by atoms with Gasteiger partial charge in [-0.3, -0.25) is 4.79 Å². The van der Waals surface area contributed by atoms with Crippen LogP contribution in [0.2, 0.25) is 5.02 Å². The maximum atomic E-state index is 13.0. The molecule has 0 heterocycles. The number of benzene rings is 2. The van der Waals surface area contributed by atoms with Crippen LogP contribution in [0.5, 0.6) is 0 Å². The summed E-state index contributed by atoms with van der Waals surface area (Å²) in [5.41, 5.74) is 2.27. The van der Waals surface area contributed by atoms with Crippen molar-refractivity contribution in [3.05, 3.63) is 58.9 Å². The summed E-state index contributed by atoms with van der Waals surface area (Å²) >= 11 is 5.72. The molecule has 3 heteroatoms. The van der Waals surface area contributed by atoms with Gasteiger partial charge in [0, 0.05) is 5.56 Å². The molecule has 0 fully saturated rings.